The minimum absolute atomic E-state index is 0.365. The maximum atomic E-state index is 5.30. The average molecular weight is 187 g/mol. The van der Waals surface area contributed by atoms with Gasteiger partial charge in [-0.05, 0) is 20.3 Å². The third-order valence-electron chi connectivity index (χ3n) is 2.73. The van der Waals surface area contributed by atoms with Crippen molar-refractivity contribution in [3.8, 4) is 0 Å². The van der Waals surface area contributed by atoms with E-state index in [0.717, 1.165) is 26.3 Å². The highest BCUT2D eigenvalue weighted by molar-refractivity contribution is 4.81. The van der Waals surface area contributed by atoms with Gasteiger partial charge in [0.1, 0.15) is 0 Å². The summed E-state index contributed by atoms with van der Waals surface area (Å²) >= 11 is 0. The molecule has 13 heavy (non-hydrogen) atoms. The molecule has 0 saturated carbocycles. The smallest absolute Gasteiger partial charge is 0.0594 e. The van der Waals surface area contributed by atoms with Crippen molar-refractivity contribution in [3.05, 3.63) is 0 Å². The molecule has 1 heterocycles. The van der Waals surface area contributed by atoms with Crippen LogP contribution in [0.15, 0.2) is 0 Å². The SMILES string of the molecule is CC.CCC(C)(C)N1CCOCC1. The van der Waals surface area contributed by atoms with Gasteiger partial charge < -0.3 is 4.74 Å². The molecule has 1 rings (SSSR count). The van der Waals surface area contributed by atoms with Gasteiger partial charge in [0.15, 0.2) is 0 Å². The van der Waals surface area contributed by atoms with Gasteiger partial charge in [0, 0.05) is 18.6 Å². The second kappa shape index (κ2) is 6.39. The van der Waals surface area contributed by atoms with Crippen molar-refractivity contribution in [3.63, 3.8) is 0 Å². The molecular weight excluding hydrogens is 162 g/mol. The summed E-state index contributed by atoms with van der Waals surface area (Å²) in [5, 5.41) is 0. The molecule has 2 heteroatoms. The minimum Gasteiger partial charge on any atom is -0.379 e. The summed E-state index contributed by atoms with van der Waals surface area (Å²) < 4.78 is 5.30. The molecule has 1 aliphatic rings. The number of morpholine rings is 1. The maximum Gasteiger partial charge on any atom is 0.0594 e. The first kappa shape index (κ1) is 12.9. The molecule has 80 valence electrons. The van der Waals surface area contributed by atoms with Crippen LogP contribution in [-0.2, 0) is 4.74 Å². The van der Waals surface area contributed by atoms with Gasteiger partial charge in [0.25, 0.3) is 0 Å². The summed E-state index contributed by atoms with van der Waals surface area (Å²) in [6, 6.07) is 0. The van der Waals surface area contributed by atoms with E-state index in [1.807, 2.05) is 13.8 Å². The number of hydrogen-bond donors (Lipinski definition) is 0. The van der Waals surface area contributed by atoms with Crippen LogP contribution in [0.5, 0.6) is 0 Å². The standard InChI is InChI=1S/C9H19NO.C2H6/c1-4-9(2,3)10-5-7-11-8-6-10;1-2/h4-8H2,1-3H3;1-2H3. The van der Waals surface area contributed by atoms with Gasteiger partial charge in [-0.15, -0.1) is 0 Å². The third kappa shape index (κ3) is 4.10. The Bertz CT molecular complexity index is 117. The molecular formula is C11H25NO. The van der Waals surface area contributed by atoms with Crippen LogP contribution in [-0.4, -0.2) is 36.7 Å². The van der Waals surface area contributed by atoms with Crippen molar-refractivity contribution in [2.24, 2.45) is 0 Å². The highest BCUT2D eigenvalue weighted by atomic mass is 16.5. The Morgan fingerprint density at radius 1 is 1.15 bits per heavy atom. The number of hydrogen-bond acceptors (Lipinski definition) is 2. The van der Waals surface area contributed by atoms with Crippen LogP contribution in [0, 0.1) is 0 Å². The molecule has 0 aromatic rings. The summed E-state index contributed by atoms with van der Waals surface area (Å²) in [6.45, 7) is 14.9. The lowest BCUT2D eigenvalue weighted by atomic mass is 9.99. The molecule has 0 aromatic heterocycles. The number of rotatable bonds is 2. The fourth-order valence-electron chi connectivity index (χ4n) is 1.39. The first-order valence-corrected chi connectivity index (χ1v) is 5.49. The van der Waals surface area contributed by atoms with E-state index in [1.54, 1.807) is 0 Å². The van der Waals surface area contributed by atoms with E-state index in [2.05, 4.69) is 25.7 Å². The van der Waals surface area contributed by atoms with Crippen molar-refractivity contribution in [2.75, 3.05) is 26.3 Å². The van der Waals surface area contributed by atoms with Crippen molar-refractivity contribution in [1.82, 2.24) is 4.90 Å². The second-order valence-electron chi connectivity index (χ2n) is 3.77. The second-order valence-corrected chi connectivity index (χ2v) is 3.77. The summed E-state index contributed by atoms with van der Waals surface area (Å²) in [5.41, 5.74) is 0.365. The lowest BCUT2D eigenvalue weighted by Gasteiger charge is -2.40. The molecule has 0 N–H and O–H groups in total. The molecule has 0 bridgehead atoms. The van der Waals surface area contributed by atoms with E-state index in [4.69, 9.17) is 4.74 Å². The zero-order valence-electron chi connectivity index (χ0n) is 9.89. The molecule has 0 aliphatic carbocycles. The van der Waals surface area contributed by atoms with Crippen LogP contribution >= 0.6 is 0 Å². The van der Waals surface area contributed by atoms with Gasteiger partial charge in [-0.1, -0.05) is 20.8 Å². The Balaban J connectivity index is 0.000000671. The molecule has 0 amide bonds. The molecule has 0 atom stereocenters. The summed E-state index contributed by atoms with van der Waals surface area (Å²) in [6.07, 6.45) is 1.22. The van der Waals surface area contributed by atoms with Crippen LogP contribution in [0.25, 0.3) is 0 Å². The van der Waals surface area contributed by atoms with Crippen molar-refractivity contribution in [1.29, 1.82) is 0 Å². The molecule has 1 saturated heterocycles. The molecule has 2 nitrogen and oxygen atoms in total. The predicted molar refractivity (Wildman–Crippen MR) is 58.1 cm³/mol. The molecule has 1 fully saturated rings. The number of ether oxygens (including phenoxy) is 1. The zero-order chi connectivity index (χ0) is 10.3. The highest BCUT2D eigenvalue weighted by Crippen LogP contribution is 2.18. The van der Waals surface area contributed by atoms with Gasteiger partial charge in [-0.25, -0.2) is 0 Å². The quantitative estimate of drug-likeness (QED) is 0.658. The van der Waals surface area contributed by atoms with E-state index < -0.39 is 0 Å². The summed E-state index contributed by atoms with van der Waals surface area (Å²) in [4.78, 5) is 2.51. The fourth-order valence-corrected chi connectivity index (χ4v) is 1.39. The summed E-state index contributed by atoms with van der Waals surface area (Å²) in [7, 11) is 0. The van der Waals surface area contributed by atoms with Crippen molar-refractivity contribution < 1.29 is 4.74 Å². The Hall–Kier alpha value is -0.0800. The van der Waals surface area contributed by atoms with Gasteiger partial charge in [-0.3, -0.25) is 4.90 Å². The number of nitrogens with zero attached hydrogens (tertiary/aromatic N) is 1. The Morgan fingerprint density at radius 3 is 2.00 bits per heavy atom. The van der Waals surface area contributed by atoms with Gasteiger partial charge in [0.2, 0.25) is 0 Å². The maximum absolute atomic E-state index is 5.30. The average Bonchev–Trinajstić information content (AvgIpc) is 2.22. The van der Waals surface area contributed by atoms with Gasteiger partial charge >= 0.3 is 0 Å². The van der Waals surface area contributed by atoms with E-state index in [9.17, 15) is 0 Å². The normalized spacial score (nSPS) is 19.2. The van der Waals surface area contributed by atoms with Crippen LogP contribution < -0.4 is 0 Å². The first-order valence-electron chi connectivity index (χ1n) is 5.49. The van der Waals surface area contributed by atoms with Gasteiger partial charge in [-0.2, -0.15) is 0 Å². The van der Waals surface area contributed by atoms with E-state index in [-0.39, 0.29) is 0 Å². The molecule has 0 radical (unpaired) electrons. The Kier molecular flexibility index (Phi) is 6.35. The van der Waals surface area contributed by atoms with Crippen molar-refractivity contribution >= 4 is 0 Å². The predicted octanol–water partition coefficient (Wildman–Crippen LogP) is 2.53. The molecule has 0 unspecified atom stereocenters. The first-order chi connectivity index (χ1) is 6.17. The van der Waals surface area contributed by atoms with Gasteiger partial charge in [0.05, 0.1) is 13.2 Å². The lowest BCUT2D eigenvalue weighted by molar-refractivity contribution is -0.0112. The topological polar surface area (TPSA) is 12.5 Å². The molecule has 0 aromatic carbocycles. The zero-order valence-corrected chi connectivity index (χ0v) is 9.89. The molecule has 0 spiro atoms. The largest absolute Gasteiger partial charge is 0.379 e. The van der Waals surface area contributed by atoms with Crippen molar-refractivity contribution in [2.45, 2.75) is 46.6 Å². The van der Waals surface area contributed by atoms with E-state index in [1.165, 1.54) is 6.42 Å². The molecule has 1 aliphatic heterocycles. The van der Waals surface area contributed by atoms with Crippen LogP contribution in [0.3, 0.4) is 0 Å². The van der Waals surface area contributed by atoms with E-state index >= 15 is 0 Å². The highest BCUT2D eigenvalue weighted by Gasteiger charge is 2.25. The van der Waals surface area contributed by atoms with Crippen LogP contribution in [0.4, 0.5) is 0 Å². The Labute approximate surface area is 83.3 Å². The van der Waals surface area contributed by atoms with E-state index in [0.29, 0.717) is 5.54 Å². The summed E-state index contributed by atoms with van der Waals surface area (Å²) in [5.74, 6) is 0. The fraction of sp³-hybridized carbons (Fsp3) is 1.00. The lowest BCUT2D eigenvalue weighted by Crippen LogP contribution is -2.49. The Morgan fingerprint density at radius 2 is 1.62 bits per heavy atom. The monoisotopic (exact) mass is 187 g/mol. The van der Waals surface area contributed by atoms with Crippen LogP contribution in [0.2, 0.25) is 0 Å². The minimum atomic E-state index is 0.365. The van der Waals surface area contributed by atoms with Crippen LogP contribution in [0.1, 0.15) is 41.0 Å². The third-order valence-corrected chi connectivity index (χ3v) is 2.73.